The molecular formula is C15H8BrF2NO. The standard InChI is InChI=1S/C15H8BrF2NO/c16-11-3-1-2-4-13(11)20-10-7-9-5-6-12(17)14(18)15(9)19-8-10/h1-8H. The summed E-state index contributed by atoms with van der Waals surface area (Å²) in [5, 5.41) is 0.480. The predicted octanol–water partition coefficient (Wildman–Crippen LogP) is 5.07. The largest absolute Gasteiger partial charge is 0.455 e. The minimum atomic E-state index is -0.949. The number of rotatable bonds is 2. The van der Waals surface area contributed by atoms with Crippen LogP contribution >= 0.6 is 15.9 Å². The first kappa shape index (κ1) is 13.0. The fraction of sp³-hybridized carbons (Fsp3) is 0. The Morgan fingerprint density at radius 2 is 1.85 bits per heavy atom. The van der Waals surface area contributed by atoms with Crippen LogP contribution < -0.4 is 4.74 Å². The molecule has 1 aromatic heterocycles. The molecule has 0 fully saturated rings. The van der Waals surface area contributed by atoms with Crippen LogP contribution in [0.4, 0.5) is 8.78 Å². The summed E-state index contributed by atoms with van der Waals surface area (Å²) >= 11 is 3.37. The van der Waals surface area contributed by atoms with Gasteiger partial charge in [0.25, 0.3) is 0 Å². The van der Waals surface area contributed by atoms with Gasteiger partial charge in [0, 0.05) is 5.39 Å². The molecule has 1 heterocycles. The Labute approximate surface area is 122 Å². The monoisotopic (exact) mass is 335 g/mol. The van der Waals surface area contributed by atoms with Crippen LogP contribution in [0.15, 0.2) is 53.1 Å². The summed E-state index contributed by atoms with van der Waals surface area (Å²) in [7, 11) is 0. The van der Waals surface area contributed by atoms with E-state index in [4.69, 9.17) is 4.74 Å². The second kappa shape index (κ2) is 5.17. The van der Waals surface area contributed by atoms with E-state index in [0.717, 1.165) is 10.5 Å². The van der Waals surface area contributed by atoms with Crippen molar-refractivity contribution in [3.05, 3.63) is 64.8 Å². The van der Waals surface area contributed by atoms with Gasteiger partial charge >= 0.3 is 0 Å². The first-order valence-electron chi connectivity index (χ1n) is 5.81. The van der Waals surface area contributed by atoms with E-state index < -0.39 is 11.6 Å². The molecule has 0 bridgehead atoms. The first-order valence-corrected chi connectivity index (χ1v) is 6.60. The van der Waals surface area contributed by atoms with Gasteiger partial charge in [0.2, 0.25) is 0 Å². The number of aromatic nitrogens is 1. The fourth-order valence-electron chi connectivity index (χ4n) is 1.83. The number of nitrogens with zero attached hydrogens (tertiary/aromatic N) is 1. The average Bonchev–Trinajstić information content (AvgIpc) is 2.46. The van der Waals surface area contributed by atoms with Gasteiger partial charge in [-0.05, 0) is 46.3 Å². The lowest BCUT2D eigenvalue weighted by atomic mass is 10.2. The molecule has 2 nitrogen and oxygen atoms in total. The second-order valence-electron chi connectivity index (χ2n) is 4.14. The zero-order valence-corrected chi connectivity index (χ0v) is 11.7. The number of hydrogen-bond donors (Lipinski definition) is 0. The van der Waals surface area contributed by atoms with Crippen molar-refractivity contribution in [1.29, 1.82) is 0 Å². The van der Waals surface area contributed by atoms with Crippen molar-refractivity contribution >= 4 is 26.8 Å². The molecule has 0 aliphatic carbocycles. The van der Waals surface area contributed by atoms with Crippen LogP contribution in [0, 0.1) is 11.6 Å². The smallest absolute Gasteiger partial charge is 0.184 e. The van der Waals surface area contributed by atoms with Crippen LogP contribution in [0.3, 0.4) is 0 Å². The van der Waals surface area contributed by atoms with Crippen molar-refractivity contribution in [3.63, 3.8) is 0 Å². The molecule has 3 rings (SSSR count). The molecule has 0 aliphatic heterocycles. The summed E-state index contributed by atoms with van der Waals surface area (Å²) in [6.07, 6.45) is 1.37. The molecule has 0 amide bonds. The van der Waals surface area contributed by atoms with Gasteiger partial charge in [-0.2, -0.15) is 0 Å². The van der Waals surface area contributed by atoms with Crippen LogP contribution in [-0.2, 0) is 0 Å². The van der Waals surface area contributed by atoms with Crippen molar-refractivity contribution < 1.29 is 13.5 Å². The van der Waals surface area contributed by atoms with Gasteiger partial charge in [0.15, 0.2) is 11.6 Å². The van der Waals surface area contributed by atoms with Crippen molar-refractivity contribution in [2.24, 2.45) is 0 Å². The minimum absolute atomic E-state index is 0.00974. The summed E-state index contributed by atoms with van der Waals surface area (Å²) in [6, 6.07) is 11.5. The summed E-state index contributed by atoms with van der Waals surface area (Å²) in [6.45, 7) is 0. The van der Waals surface area contributed by atoms with Crippen LogP contribution in [0.5, 0.6) is 11.5 Å². The van der Waals surface area contributed by atoms with E-state index in [-0.39, 0.29) is 5.52 Å². The molecule has 100 valence electrons. The van der Waals surface area contributed by atoms with Gasteiger partial charge in [0.1, 0.15) is 17.0 Å². The number of fused-ring (bicyclic) bond motifs is 1. The van der Waals surface area contributed by atoms with Crippen molar-refractivity contribution in [1.82, 2.24) is 4.98 Å². The van der Waals surface area contributed by atoms with Gasteiger partial charge in [-0.1, -0.05) is 12.1 Å². The number of ether oxygens (including phenoxy) is 1. The Kier molecular flexibility index (Phi) is 3.36. The maximum atomic E-state index is 13.5. The molecule has 2 aromatic carbocycles. The highest BCUT2D eigenvalue weighted by Gasteiger charge is 2.10. The van der Waals surface area contributed by atoms with E-state index in [2.05, 4.69) is 20.9 Å². The summed E-state index contributed by atoms with van der Waals surface area (Å²) in [4.78, 5) is 3.91. The highest BCUT2D eigenvalue weighted by molar-refractivity contribution is 9.10. The number of pyridine rings is 1. The zero-order valence-electron chi connectivity index (χ0n) is 10.1. The zero-order chi connectivity index (χ0) is 14.1. The van der Waals surface area contributed by atoms with Crippen LogP contribution in [0.1, 0.15) is 0 Å². The van der Waals surface area contributed by atoms with E-state index in [1.54, 1.807) is 12.1 Å². The van der Waals surface area contributed by atoms with Crippen LogP contribution in [0.2, 0.25) is 0 Å². The van der Waals surface area contributed by atoms with Gasteiger partial charge in [0.05, 0.1) is 10.7 Å². The third kappa shape index (κ3) is 2.36. The van der Waals surface area contributed by atoms with Gasteiger partial charge in [-0.15, -0.1) is 0 Å². The van der Waals surface area contributed by atoms with E-state index in [1.807, 2.05) is 18.2 Å². The average molecular weight is 336 g/mol. The molecule has 20 heavy (non-hydrogen) atoms. The first-order chi connectivity index (χ1) is 9.65. The lowest BCUT2D eigenvalue weighted by Crippen LogP contribution is -1.91. The Hall–Kier alpha value is -2.01. The van der Waals surface area contributed by atoms with E-state index in [9.17, 15) is 8.78 Å². The van der Waals surface area contributed by atoms with Crippen molar-refractivity contribution in [3.8, 4) is 11.5 Å². The Morgan fingerprint density at radius 1 is 1.05 bits per heavy atom. The predicted molar refractivity (Wildman–Crippen MR) is 75.9 cm³/mol. The molecule has 0 saturated heterocycles. The molecule has 0 N–H and O–H groups in total. The maximum absolute atomic E-state index is 13.5. The number of benzene rings is 2. The van der Waals surface area contributed by atoms with Crippen molar-refractivity contribution in [2.75, 3.05) is 0 Å². The lowest BCUT2D eigenvalue weighted by molar-refractivity contribution is 0.477. The van der Waals surface area contributed by atoms with E-state index in [1.165, 1.54) is 12.3 Å². The summed E-state index contributed by atoms with van der Waals surface area (Å²) < 4.78 is 33.1. The SMILES string of the molecule is Fc1ccc2cc(Oc3ccccc3Br)cnc2c1F. The fourth-order valence-corrected chi connectivity index (χ4v) is 2.20. The highest BCUT2D eigenvalue weighted by Crippen LogP contribution is 2.30. The third-order valence-electron chi connectivity index (χ3n) is 2.78. The highest BCUT2D eigenvalue weighted by atomic mass is 79.9. The molecule has 0 atom stereocenters. The Bertz CT molecular complexity index is 792. The number of halogens is 3. The third-order valence-corrected chi connectivity index (χ3v) is 3.44. The van der Waals surface area contributed by atoms with Gasteiger partial charge in [-0.3, -0.25) is 0 Å². The molecule has 0 spiro atoms. The Balaban J connectivity index is 2.02. The van der Waals surface area contributed by atoms with Crippen LogP contribution in [0.25, 0.3) is 10.9 Å². The lowest BCUT2D eigenvalue weighted by Gasteiger charge is -2.08. The molecule has 0 aliphatic rings. The topological polar surface area (TPSA) is 22.1 Å². The van der Waals surface area contributed by atoms with Gasteiger partial charge in [-0.25, -0.2) is 13.8 Å². The quantitative estimate of drug-likeness (QED) is 0.652. The van der Waals surface area contributed by atoms with E-state index >= 15 is 0 Å². The molecule has 0 saturated carbocycles. The summed E-state index contributed by atoms with van der Waals surface area (Å²) in [5.41, 5.74) is -0.00974. The minimum Gasteiger partial charge on any atom is -0.455 e. The maximum Gasteiger partial charge on any atom is 0.184 e. The van der Waals surface area contributed by atoms with E-state index in [0.29, 0.717) is 16.9 Å². The molecule has 0 radical (unpaired) electrons. The summed E-state index contributed by atoms with van der Waals surface area (Å²) in [5.74, 6) is -0.786. The molecule has 5 heteroatoms. The molecule has 3 aromatic rings. The number of hydrogen-bond acceptors (Lipinski definition) is 2. The van der Waals surface area contributed by atoms with Crippen LogP contribution in [-0.4, -0.2) is 4.98 Å². The molecular weight excluding hydrogens is 328 g/mol. The van der Waals surface area contributed by atoms with Crippen molar-refractivity contribution in [2.45, 2.75) is 0 Å². The van der Waals surface area contributed by atoms with Gasteiger partial charge < -0.3 is 4.74 Å². The Morgan fingerprint density at radius 3 is 2.65 bits per heavy atom. The molecule has 0 unspecified atom stereocenters. The second-order valence-corrected chi connectivity index (χ2v) is 4.99. The number of para-hydroxylation sites is 1. The normalized spacial score (nSPS) is 10.8.